The van der Waals surface area contributed by atoms with Gasteiger partial charge < -0.3 is 14.8 Å². The van der Waals surface area contributed by atoms with Gasteiger partial charge in [-0.1, -0.05) is 12.2 Å². The zero-order valence-corrected chi connectivity index (χ0v) is 15.8. The van der Waals surface area contributed by atoms with Gasteiger partial charge >= 0.3 is 12.1 Å². The summed E-state index contributed by atoms with van der Waals surface area (Å²) in [5.41, 5.74) is -0.900. The Hall–Kier alpha value is -1.86. The number of nitrogens with two attached hydrogens (primary N) is 1. The summed E-state index contributed by atoms with van der Waals surface area (Å²) in [6.07, 6.45) is 2.69. The molecule has 0 fully saturated rings. The maximum absolute atomic E-state index is 11.1. The van der Waals surface area contributed by atoms with Gasteiger partial charge in [0, 0.05) is 6.54 Å². The van der Waals surface area contributed by atoms with E-state index in [0.717, 1.165) is 5.01 Å². The second kappa shape index (κ2) is 11.6. The number of nitrogens with zero attached hydrogens (tertiary/aromatic N) is 1. The number of hydrazine groups is 1. The van der Waals surface area contributed by atoms with Crippen molar-refractivity contribution in [3.63, 3.8) is 0 Å². The third-order valence-corrected chi connectivity index (χ3v) is 1.93. The van der Waals surface area contributed by atoms with E-state index < -0.39 is 17.3 Å². The van der Waals surface area contributed by atoms with Crippen molar-refractivity contribution in [3.05, 3.63) is 25.3 Å². The molecule has 0 unspecified atom stereocenters. The number of nitrogens with one attached hydrogen (secondary N) is 1. The fraction of sp³-hybridized carbons (Fsp3) is 0.647. The molecule has 0 atom stereocenters. The summed E-state index contributed by atoms with van der Waals surface area (Å²) >= 11 is 0. The molecule has 7 nitrogen and oxygen atoms in total. The van der Waals surface area contributed by atoms with Gasteiger partial charge in [-0.2, -0.15) is 0 Å². The third kappa shape index (κ3) is 18.2. The Balaban J connectivity index is 0. The number of amides is 1. The molecule has 0 heterocycles. The molecular weight excluding hydrogens is 310 g/mol. The van der Waals surface area contributed by atoms with Gasteiger partial charge in [0.25, 0.3) is 0 Å². The molecule has 0 spiro atoms. The molecule has 140 valence electrons. The van der Waals surface area contributed by atoms with Crippen molar-refractivity contribution in [1.29, 1.82) is 0 Å². The van der Waals surface area contributed by atoms with Crippen LogP contribution in [0, 0.1) is 0 Å². The first-order chi connectivity index (χ1) is 10.8. The van der Waals surface area contributed by atoms with E-state index in [-0.39, 0.29) is 19.1 Å². The Kier molecular flexibility index (Phi) is 11.8. The van der Waals surface area contributed by atoms with Gasteiger partial charge in [0.2, 0.25) is 0 Å². The maximum atomic E-state index is 11.1. The lowest BCUT2D eigenvalue weighted by molar-refractivity contribution is -0.153. The maximum Gasteiger partial charge on any atom is 0.424 e. The highest BCUT2D eigenvalue weighted by Gasteiger charge is 2.19. The number of hydrogen-bond acceptors (Lipinski definition) is 6. The van der Waals surface area contributed by atoms with Crippen LogP contribution in [0.4, 0.5) is 4.79 Å². The average Bonchev–Trinajstić information content (AvgIpc) is 2.36. The van der Waals surface area contributed by atoms with Crippen LogP contribution >= 0.6 is 0 Å². The minimum absolute atomic E-state index is 0.232. The van der Waals surface area contributed by atoms with Crippen LogP contribution in [0.25, 0.3) is 0 Å². The van der Waals surface area contributed by atoms with E-state index in [1.54, 1.807) is 26.8 Å². The van der Waals surface area contributed by atoms with Crippen LogP contribution < -0.4 is 11.2 Å². The Morgan fingerprint density at radius 2 is 1.54 bits per heavy atom. The highest BCUT2D eigenvalue weighted by atomic mass is 16.6. The van der Waals surface area contributed by atoms with Crippen LogP contribution in [0.3, 0.4) is 0 Å². The van der Waals surface area contributed by atoms with Gasteiger partial charge in [-0.05, 0) is 41.5 Å². The van der Waals surface area contributed by atoms with E-state index >= 15 is 0 Å². The molecule has 3 N–H and O–H groups in total. The molecule has 0 aromatic heterocycles. The predicted octanol–water partition coefficient (Wildman–Crippen LogP) is 2.39. The standard InChI is InChI=1S/C9H17NO2.C8H16N2O2/c1-5-6-10-7-8(11)12-9(2,3)4;1-5-6-10(9)7(11)12-8(2,3)4/h5,10H,1,6-7H2,2-4H3;5H,1,6,9H2,2-4H3. The first kappa shape index (κ1) is 24.4. The lowest BCUT2D eigenvalue weighted by Gasteiger charge is -2.23. The van der Waals surface area contributed by atoms with Gasteiger partial charge in [0.15, 0.2) is 0 Å². The molecule has 0 radical (unpaired) electrons. The fourth-order valence-electron chi connectivity index (χ4n) is 1.19. The molecular formula is C17H33N3O4. The zero-order valence-electron chi connectivity index (χ0n) is 15.8. The summed E-state index contributed by atoms with van der Waals surface area (Å²) in [7, 11) is 0. The van der Waals surface area contributed by atoms with Gasteiger partial charge in [0.1, 0.15) is 11.2 Å². The number of hydrogen-bond donors (Lipinski definition) is 2. The fourth-order valence-corrected chi connectivity index (χ4v) is 1.19. The molecule has 0 bridgehead atoms. The molecule has 0 saturated carbocycles. The number of carbonyl (C=O) groups excluding carboxylic acids is 2. The van der Waals surface area contributed by atoms with E-state index in [0.29, 0.717) is 6.54 Å². The van der Waals surface area contributed by atoms with E-state index in [4.69, 9.17) is 15.3 Å². The number of rotatable bonds is 6. The summed E-state index contributed by atoms with van der Waals surface area (Å²) in [5.74, 6) is 5.09. The molecule has 0 rings (SSSR count). The Morgan fingerprint density at radius 1 is 1.04 bits per heavy atom. The number of esters is 1. The van der Waals surface area contributed by atoms with Crippen molar-refractivity contribution in [1.82, 2.24) is 10.3 Å². The van der Waals surface area contributed by atoms with Crippen LogP contribution in [-0.4, -0.2) is 47.9 Å². The minimum atomic E-state index is -0.539. The predicted molar refractivity (Wildman–Crippen MR) is 96.2 cm³/mol. The quantitative estimate of drug-likeness (QED) is 0.192. The van der Waals surface area contributed by atoms with Crippen LogP contribution in [0.15, 0.2) is 25.3 Å². The molecule has 0 aliphatic rings. The summed E-state index contributed by atoms with van der Waals surface area (Å²) < 4.78 is 10.0. The van der Waals surface area contributed by atoms with E-state index in [2.05, 4.69) is 18.5 Å². The molecule has 7 heteroatoms. The Bertz CT molecular complexity index is 409. The second-order valence-corrected chi connectivity index (χ2v) is 6.93. The molecule has 0 aromatic rings. The van der Waals surface area contributed by atoms with Crippen LogP contribution in [-0.2, 0) is 14.3 Å². The second-order valence-electron chi connectivity index (χ2n) is 6.93. The van der Waals surface area contributed by atoms with Gasteiger partial charge in [-0.15, -0.1) is 13.2 Å². The van der Waals surface area contributed by atoms with E-state index in [9.17, 15) is 9.59 Å². The zero-order chi connectivity index (χ0) is 19.4. The summed E-state index contributed by atoms with van der Waals surface area (Å²) in [5, 5.41) is 3.84. The molecule has 24 heavy (non-hydrogen) atoms. The normalized spacial score (nSPS) is 10.8. The molecule has 0 saturated heterocycles. The van der Waals surface area contributed by atoms with E-state index in [1.807, 2.05) is 20.8 Å². The van der Waals surface area contributed by atoms with Crippen molar-refractivity contribution in [2.75, 3.05) is 19.6 Å². The van der Waals surface area contributed by atoms with E-state index in [1.165, 1.54) is 6.08 Å². The first-order valence-corrected chi connectivity index (χ1v) is 7.72. The Morgan fingerprint density at radius 3 is 1.92 bits per heavy atom. The number of ether oxygens (including phenoxy) is 2. The average molecular weight is 343 g/mol. The summed E-state index contributed by atoms with van der Waals surface area (Å²) in [6, 6.07) is 0. The van der Waals surface area contributed by atoms with Crippen molar-refractivity contribution >= 4 is 12.1 Å². The van der Waals surface area contributed by atoms with Gasteiger partial charge in [0.05, 0.1) is 13.1 Å². The smallest absolute Gasteiger partial charge is 0.424 e. The summed E-state index contributed by atoms with van der Waals surface area (Å²) in [4.78, 5) is 22.1. The monoisotopic (exact) mass is 343 g/mol. The van der Waals surface area contributed by atoms with Crippen molar-refractivity contribution in [3.8, 4) is 0 Å². The van der Waals surface area contributed by atoms with Crippen molar-refractivity contribution < 1.29 is 19.1 Å². The lowest BCUT2D eigenvalue weighted by Crippen LogP contribution is -2.41. The topological polar surface area (TPSA) is 93.9 Å². The molecule has 0 aromatic carbocycles. The highest BCUT2D eigenvalue weighted by Crippen LogP contribution is 2.08. The molecule has 0 aliphatic carbocycles. The van der Waals surface area contributed by atoms with Crippen LogP contribution in [0.1, 0.15) is 41.5 Å². The van der Waals surface area contributed by atoms with Gasteiger partial charge in [-0.3, -0.25) is 4.79 Å². The highest BCUT2D eigenvalue weighted by molar-refractivity contribution is 5.72. The van der Waals surface area contributed by atoms with Gasteiger partial charge in [-0.25, -0.2) is 15.6 Å². The lowest BCUT2D eigenvalue weighted by atomic mass is 10.2. The summed E-state index contributed by atoms with van der Waals surface area (Å²) in [6.45, 7) is 19.0. The van der Waals surface area contributed by atoms with Crippen LogP contribution in [0.2, 0.25) is 0 Å². The minimum Gasteiger partial charge on any atom is -0.459 e. The van der Waals surface area contributed by atoms with Crippen molar-refractivity contribution in [2.24, 2.45) is 5.84 Å². The molecule has 0 aliphatic heterocycles. The largest absolute Gasteiger partial charge is 0.459 e. The van der Waals surface area contributed by atoms with Crippen LogP contribution in [0.5, 0.6) is 0 Å². The SMILES string of the molecule is C=CCN(N)C(=O)OC(C)(C)C.C=CCNCC(=O)OC(C)(C)C. The number of carbonyl (C=O) groups is 2. The Labute approximate surface area is 145 Å². The molecule has 1 amide bonds. The van der Waals surface area contributed by atoms with Crippen molar-refractivity contribution in [2.45, 2.75) is 52.7 Å². The third-order valence-electron chi connectivity index (χ3n) is 1.93. The first-order valence-electron chi connectivity index (χ1n) is 7.72.